The molecule has 146 valence electrons. The minimum absolute atomic E-state index is 0.0802. The van der Waals surface area contributed by atoms with Crippen molar-refractivity contribution in [2.75, 3.05) is 13.7 Å². The van der Waals surface area contributed by atoms with Crippen molar-refractivity contribution < 1.29 is 13.9 Å². The lowest BCUT2D eigenvalue weighted by molar-refractivity contribution is 0.0994. The molecular weight excluding hydrogens is 377 g/mol. The summed E-state index contributed by atoms with van der Waals surface area (Å²) < 4.78 is 20.3. The van der Waals surface area contributed by atoms with Crippen LogP contribution in [0.3, 0.4) is 0 Å². The van der Waals surface area contributed by atoms with Gasteiger partial charge in [-0.3, -0.25) is 9.36 Å². The first-order chi connectivity index (χ1) is 13.5. The normalized spacial score (nSPS) is 12.1. The second-order valence-corrected chi connectivity index (χ2v) is 7.76. The van der Waals surface area contributed by atoms with E-state index in [4.69, 9.17) is 4.74 Å². The summed E-state index contributed by atoms with van der Waals surface area (Å²) in [6, 6.07) is 13.6. The largest absolute Gasteiger partial charge is 0.383 e. The lowest BCUT2D eigenvalue weighted by Crippen LogP contribution is -2.15. The van der Waals surface area contributed by atoms with Gasteiger partial charge in [0.25, 0.3) is 0 Å². The number of benzene rings is 2. The maximum absolute atomic E-state index is 13.1. The molecule has 5 nitrogen and oxygen atoms in total. The zero-order valence-corrected chi connectivity index (χ0v) is 16.9. The second-order valence-electron chi connectivity index (χ2n) is 6.45. The molecule has 0 fully saturated rings. The number of carbonyl (C=O) groups excluding carboxylic acids is 1. The number of Topliss-reactive ketones (excluding diaryl/α,β-unsaturated/α-hetero) is 1. The molecule has 1 aromatic heterocycles. The molecule has 0 saturated heterocycles. The minimum Gasteiger partial charge on any atom is -0.383 e. The highest BCUT2D eigenvalue weighted by atomic mass is 32.2. The van der Waals surface area contributed by atoms with Crippen LogP contribution in [0, 0.1) is 12.7 Å². The van der Waals surface area contributed by atoms with E-state index in [1.54, 1.807) is 7.11 Å². The number of methoxy groups -OCH3 is 1. The zero-order chi connectivity index (χ0) is 20.1. The van der Waals surface area contributed by atoms with Gasteiger partial charge in [-0.05, 0) is 44.2 Å². The maximum Gasteiger partial charge on any atom is 0.192 e. The highest BCUT2D eigenvalue weighted by molar-refractivity contribution is 8.00. The van der Waals surface area contributed by atoms with E-state index in [0.717, 1.165) is 17.0 Å². The summed E-state index contributed by atoms with van der Waals surface area (Å²) in [5.74, 6) is 0.298. The van der Waals surface area contributed by atoms with Crippen LogP contribution >= 0.6 is 11.8 Å². The van der Waals surface area contributed by atoms with Gasteiger partial charge in [0.1, 0.15) is 5.82 Å². The number of hydrogen-bond donors (Lipinski definition) is 0. The van der Waals surface area contributed by atoms with Gasteiger partial charge in [0.15, 0.2) is 16.8 Å². The number of carbonyl (C=O) groups is 1. The number of halogens is 1. The van der Waals surface area contributed by atoms with Crippen molar-refractivity contribution in [3.05, 3.63) is 65.5 Å². The van der Waals surface area contributed by atoms with Crippen molar-refractivity contribution in [3.8, 4) is 11.4 Å². The summed E-state index contributed by atoms with van der Waals surface area (Å²) >= 11 is 1.34. The molecule has 0 N–H and O–H groups in total. The molecule has 0 unspecified atom stereocenters. The van der Waals surface area contributed by atoms with Gasteiger partial charge in [-0.15, -0.1) is 10.2 Å². The highest BCUT2D eigenvalue weighted by Gasteiger charge is 2.22. The SMILES string of the molecule is COCCn1c(S[C@@H](C)C(=O)c2ccc(F)cc2)nnc1-c1cccc(C)c1. The summed E-state index contributed by atoms with van der Waals surface area (Å²) in [6.07, 6.45) is 0. The average Bonchev–Trinajstić information content (AvgIpc) is 3.08. The quantitative estimate of drug-likeness (QED) is 0.415. The number of hydrogen-bond acceptors (Lipinski definition) is 5. The monoisotopic (exact) mass is 399 g/mol. The Kier molecular flexibility index (Phi) is 6.59. The molecule has 28 heavy (non-hydrogen) atoms. The molecule has 2 aromatic carbocycles. The Hall–Kier alpha value is -2.51. The van der Waals surface area contributed by atoms with Gasteiger partial charge in [-0.1, -0.05) is 35.5 Å². The number of thioether (sulfide) groups is 1. The third-order valence-electron chi connectivity index (χ3n) is 4.29. The van der Waals surface area contributed by atoms with E-state index in [0.29, 0.717) is 23.9 Å². The predicted octanol–water partition coefficient (Wildman–Crippen LogP) is 4.40. The fourth-order valence-corrected chi connectivity index (χ4v) is 3.77. The van der Waals surface area contributed by atoms with E-state index in [1.165, 1.54) is 36.0 Å². The van der Waals surface area contributed by atoms with Crippen molar-refractivity contribution in [1.82, 2.24) is 14.8 Å². The molecule has 3 aromatic rings. The Morgan fingerprint density at radius 3 is 2.64 bits per heavy atom. The summed E-state index contributed by atoms with van der Waals surface area (Å²) in [7, 11) is 1.64. The van der Waals surface area contributed by atoms with Gasteiger partial charge in [-0.25, -0.2) is 4.39 Å². The van der Waals surface area contributed by atoms with E-state index >= 15 is 0 Å². The van der Waals surface area contributed by atoms with Crippen molar-refractivity contribution in [3.63, 3.8) is 0 Å². The van der Waals surface area contributed by atoms with Crippen LogP contribution in [0.15, 0.2) is 53.7 Å². The van der Waals surface area contributed by atoms with Gasteiger partial charge in [-0.2, -0.15) is 0 Å². The van der Waals surface area contributed by atoms with Crippen LogP contribution in [0.25, 0.3) is 11.4 Å². The third kappa shape index (κ3) is 4.66. The Morgan fingerprint density at radius 1 is 1.21 bits per heavy atom. The van der Waals surface area contributed by atoms with Crippen LogP contribution in [0.2, 0.25) is 0 Å². The summed E-state index contributed by atoms with van der Waals surface area (Å²) in [5, 5.41) is 8.93. The van der Waals surface area contributed by atoms with Gasteiger partial charge in [0.05, 0.1) is 18.4 Å². The number of ketones is 1. The summed E-state index contributed by atoms with van der Waals surface area (Å²) in [4.78, 5) is 12.7. The number of aromatic nitrogens is 3. The molecule has 0 spiro atoms. The molecule has 0 aliphatic carbocycles. The smallest absolute Gasteiger partial charge is 0.192 e. The number of aryl methyl sites for hydroxylation is 1. The van der Waals surface area contributed by atoms with Gasteiger partial charge in [0, 0.05) is 18.2 Å². The second kappa shape index (κ2) is 9.12. The third-order valence-corrected chi connectivity index (χ3v) is 5.37. The van der Waals surface area contributed by atoms with Gasteiger partial charge >= 0.3 is 0 Å². The molecule has 0 aliphatic heterocycles. The van der Waals surface area contributed by atoms with Crippen molar-refractivity contribution >= 4 is 17.5 Å². The maximum atomic E-state index is 13.1. The van der Waals surface area contributed by atoms with E-state index in [2.05, 4.69) is 16.3 Å². The van der Waals surface area contributed by atoms with E-state index in [1.807, 2.05) is 36.6 Å². The first-order valence-electron chi connectivity index (χ1n) is 8.95. The molecule has 7 heteroatoms. The standard InChI is InChI=1S/C21H22FN3O2S/c1-14-5-4-6-17(13-14)20-23-24-21(25(20)11-12-27-3)28-15(2)19(26)16-7-9-18(22)10-8-16/h4-10,13,15H,11-12H2,1-3H3/t15-/m0/s1. The topological polar surface area (TPSA) is 57.0 Å². The first kappa shape index (κ1) is 20.2. The molecule has 0 amide bonds. The Bertz CT molecular complexity index is 957. The van der Waals surface area contributed by atoms with Crippen LogP contribution in [0.4, 0.5) is 4.39 Å². The molecular formula is C21H22FN3O2S. The Labute approximate surface area is 167 Å². The van der Waals surface area contributed by atoms with Crippen molar-refractivity contribution in [2.24, 2.45) is 0 Å². The van der Waals surface area contributed by atoms with Crippen LogP contribution in [-0.4, -0.2) is 39.5 Å². The number of nitrogens with zero attached hydrogens (tertiary/aromatic N) is 3. The first-order valence-corrected chi connectivity index (χ1v) is 9.83. The lowest BCUT2D eigenvalue weighted by atomic mass is 10.1. The average molecular weight is 399 g/mol. The molecule has 0 radical (unpaired) electrons. The fourth-order valence-electron chi connectivity index (χ4n) is 2.82. The van der Waals surface area contributed by atoms with E-state index in [-0.39, 0.29) is 16.9 Å². The Balaban J connectivity index is 1.86. The molecule has 0 saturated carbocycles. The van der Waals surface area contributed by atoms with E-state index < -0.39 is 0 Å². The van der Waals surface area contributed by atoms with Crippen LogP contribution in [0.1, 0.15) is 22.8 Å². The predicted molar refractivity (Wildman–Crippen MR) is 108 cm³/mol. The van der Waals surface area contributed by atoms with Crippen molar-refractivity contribution in [1.29, 1.82) is 0 Å². The summed E-state index contributed by atoms with van der Waals surface area (Å²) in [5.41, 5.74) is 2.57. The molecule has 1 heterocycles. The molecule has 0 aliphatic rings. The Morgan fingerprint density at radius 2 is 1.96 bits per heavy atom. The number of rotatable bonds is 8. The van der Waals surface area contributed by atoms with Crippen LogP contribution in [-0.2, 0) is 11.3 Å². The molecule has 3 rings (SSSR count). The van der Waals surface area contributed by atoms with Crippen molar-refractivity contribution in [2.45, 2.75) is 30.8 Å². The van der Waals surface area contributed by atoms with E-state index in [9.17, 15) is 9.18 Å². The van der Waals surface area contributed by atoms with Crippen LogP contribution < -0.4 is 0 Å². The fraction of sp³-hybridized carbons (Fsp3) is 0.286. The zero-order valence-electron chi connectivity index (χ0n) is 16.1. The lowest BCUT2D eigenvalue weighted by Gasteiger charge is -2.13. The summed E-state index contributed by atoms with van der Waals surface area (Å²) in [6.45, 7) is 4.92. The van der Waals surface area contributed by atoms with Gasteiger partial charge in [0.2, 0.25) is 0 Å². The van der Waals surface area contributed by atoms with Crippen LogP contribution in [0.5, 0.6) is 0 Å². The molecule has 1 atom stereocenters. The van der Waals surface area contributed by atoms with Gasteiger partial charge < -0.3 is 4.74 Å². The number of ether oxygens (including phenoxy) is 1. The highest BCUT2D eigenvalue weighted by Crippen LogP contribution is 2.28. The molecule has 0 bridgehead atoms. The minimum atomic E-state index is -0.388.